The highest BCUT2D eigenvalue weighted by atomic mass is 19.1. The number of ether oxygens (including phenoxy) is 1. The molecule has 0 radical (unpaired) electrons. The fraction of sp³-hybridized carbons (Fsp3) is 0.300. The van der Waals surface area contributed by atoms with Crippen LogP contribution in [0, 0.1) is 5.82 Å². The normalized spacial score (nSPS) is 21.2. The molecule has 14 heavy (non-hydrogen) atoms. The first-order valence-corrected chi connectivity index (χ1v) is 4.45. The summed E-state index contributed by atoms with van der Waals surface area (Å²) >= 11 is 0. The van der Waals surface area contributed by atoms with Crippen LogP contribution in [0.5, 0.6) is 0 Å². The quantitative estimate of drug-likeness (QED) is 0.744. The second kappa shape index (κ2) is 3.65. The molecule has 1 aromatic rings. The van der Waals surface area contributed by atoms with Crippen molar-refractivity contribution in [3.63, 3.8) is 0 Å². The number of carbonyl (C=O) groups is 1. The molecule has 0 spiro atoms. The Morgan fingerprint density at radius 1 is 1.50 bits per heavy atom. The monoisotopic (exact) mass is 195 g/mol. The van der Waals surface area contributed by atoms with Crippen LogP contribution in [-0.4, -0.2) is 12.6 Å². The van der Waals surface area contributed by atoms with Crippen molar-refractivity contribution in [2.75, 3.05) is 6.54 Å². The van der Waals surface area contributed by atoms with Crippen LogP contribution < -0.4 is 5.32 Å². The second-order valence-corrected chi connectivity index (χ2v) is 3.16. The number of carbonyl (C=O) groups excluding carboxylic acids is 1. The van der Waals surface area contributed by atoms with Crippen molar-refractivity contribution in [1.29, 1.82) is 0 Å². The number of amides is 1. The summed E-state index contributed by atoms with van der Waals surface area (Å²) in [5.74, 6) is -0.308. The van der Waals surface area contributed by atoms with E-state index in [1.807, 2.05) is 0 Å². The average molecular weight is 195 g/mol. The van der Waals surface area contributed by atoms with Crippen molar-refractivity contribution < 1.29 is 13.9 Å². The summed E-state index contributed by atoms with van der Waals surface area (Å²) in [4.78, 5) is 10.9. The Labute approximate surface area is 80.9 Å². The third-order valence-corrected chi connectivity index (χ3v) is 2.15. The standard InChI is InChI=1S/C10H10FNO2/c11-8-3-1-2-7(6-8)9-4-5-12-10(13)14-9/h1-3,6,9H,4-5H2,(H,12,13). The Bertz CT molecular complexity index is 354. The summed E-state index contributed by atoms with van der Waals surface area (Å²) in [6.07, 6.45) is -0.0835. The van der Waals surface area contributed by atoms with Gasteiger partial charge in [-0.2, -0.15) is 0 Å². The highest BCUT2D eigenvalue weighted by Crippen LogP contribution is 2.23. The second-order valence-electron chi connectivity index (χ2n) is 3.16. The summed E-state index contributed by atoms with van der Waals surface area (Å²) in [5, 5.41) is 2.54. The lowest BCUT2D eigenvalue weighted by Crippen LogP contribution is -2.33. The maximum atomic E-state index is 12.9. The molecular weight excluding hydrogens is 185 g/mol. The van der Waals surface area contributed by atoms with Gasteiger partial charge in [0.15, 0.2) is 0 Å². The van der Waals surface area contributed by atoms with Gasteiger partial charge in [-0.15, -0.1) is 0 Å². The highest BCUT2D eigenvalue weighted by Gasteiger charge is 2.21. The van der Waals surface area contributed by atoms with Crippen molar-refractivity contribution in [2.24, 2.45) is 0 Å². The van der Waals surface area contributed by atoms with E-state index in [2.05, 4.69) is 5.32 Å². The summed E-state index contributed by atoms with van der Waals surface area (Å²) in [6, 6.07) is 6.13. The molecular formula is C10H10FNO2. The number of benzene rings is 1. The lowest BCUT2D eigenvalue weighted by atomic mass is 10.1. The van der Waals surface area contributed by atoms with Crippen molar-refractivity contribution >= 4 is 6.09 Å². The molecule has 0 bridgehead atoms. The Balaban J connectivity index is 2.17. The number of alkyl carbamates (subject to hydrolysis) is 1. The lowest BCUT2D eigenvalue weighted by molar-refractivity contribution is 0.0737. The maximum absolute atomic E-state index is 12.9. The van der Waals surface area contributed by atoms with Gasteiger partial charge in [-0.3, -0.25) is 0 Å². The van der Waals surface area contributed by atoms with Gasteiger partial charge in [0, 0.05) is 13.0 Å². The van der Waals surface area contributed by atoms with E-state index in [4.69, 9.17) is 4.74 Å². The topological polar surface area (TPSA) is 38.3 Å². The molecule has 0 aliphatic carbocycles. The molecule has 0 saturated carbocycles. The van der Waals surface area contributed by atoms with Crippen LogP contribution in [0.4, 0.5) is 9.18 Å². The molecule has 1 saturated heterocycles. The van der Waals surface area contributed by atoms with Gasteiger partial charge < -0.3 is 10.1 Å². The predicted molar refractivity (Wildman–Crippen MR) is 48.2 cm³/mol. The van der Waals surface area contributed by atoms with Crippen LogP contribution in [0.3, 0.4) is 0 Å². The van der Waals surface area contributed by atoms with Gasteiger partial charge in [0.25, 0.3) is 0 Å². The van der Waals surface area contributed by atoms with Gasteiger partial charge in [-0.25, -0.2) is 9.18 Å². The Hall–Kier alpha value is -1.58. The Kier molecular flexibility index (Phi) is 2.35. The first kappa shape index (κ1) is 8.99. The van der Waals surface area contributed by atoms with Gasteiger partial charge in [0.05, 0.1) is 0 Å². The zero-order valence-electron chi connectivity index (χ0n) is 7.50. The number of hydrogen-bond donors (Lipinski definition) is 1. The molecule has 1 heterocycles. The maximum Gasteiger partial charge on any atom is 0.407 e. The fourth-order valence-electron chi connectivity index (χ4n) is 1.48. The summed E-state index contributed by atoms with van der Waals surface area (Å²) in [7, 11) is 0. The van der Waals surface area contributed by atoms with Crippen LogP contribution in [0.15, 0.2) is 24.3 Å². The van der Waals surface area contributed by atoms with E-state index in [1.54, 1.807) is 12.1 Å². The number of nitrogens with one attached hydrogen (secondary N) is 1. The number of cyclic esters (lactones) is 1. The van der Waals surface area contributed by atoms with Crippen LogP contribution >= 0.6 is 0 Å². The molecule has 1 fully saturated rings. The van der Waals surface area contributed by atoms with E-state index in [0.29, 0.717) is 18.5 Å². The van der Waals surface area contributed by atoms with Crippen LogP contribution in [0.1, 0.15) is 18.1 Å². The van der Waals surface area contributed by atoms with Gasteiger partial charge in [0.2, 0.25) is 0 Å². The number of hydrogen-bond acceptors (Lipinski definition) is 2. The van der Waals surface area contributed by atoms with Gasteiger partial charge in [0.1, 0.15) is 11.9 Å². The van der Waals surface area contributed by atoms with Crippen molar-refractivity contribution in [3.05, 3.63) is 35.6 Å². The van der Waals surface area contributed by atoms with E-state index >= 15 is 0 Å². The highest BCUT2D eigenvalue weighted by molar-refractivity contribution is 5.68. The van der Waals surface area contributed by atoms with Crippen molar-refractivity contribution in [1.82, 2.24) is 5.32 Å². The SMILES string of the molecule is O=C1NCCC(c2cccc(F)c2)O1. The molecule has 4 heteroatoms. The summed E-state index contributed by atoms with van der Waals surface area (Å²) in [6.45, 7) is 0.569. The largest absolute Gasteiger partial charge is 0.441 e. The average Bonchev–Trinajstić information content (AvgIpc) is 2.18. The zero-order valence-corrected chi connectivity index (χ0v) is 7.50. The molecule has 2 rings (SSSR count). The van der Waals surface area contributed by atoms with Crippen molar-refractivity contribution in [3.8, 4) is 0 Å². The molecule has 3 nitrogen and oxygen atoms in total. The summed E-state index contributed by atoms with van der Waals surface area (Å²) < 4.78 is 17.9. The van der Waals surface area contributed by atoms with E-state index < -0.39 is 6.09 Å². The minimum absolute atomic E-state index is 0.308. The molecule has 1 aliphatic rings. The predicted octanol–water partition coefficient (Wildman–Crippen LogP) is 2.00. The molecule has 74 valence electrons. The van der Waals surface area contributed by atoms with Crippen LogP contribution in [-0.2, 0) is 4.74 Å². The van der Waals surface area contributed by atoms with E-state index in [1.165, 1.54) is 12.1 Å². The molecule has 0 aromatic heterocycles. The molecule has 1 N–H and O–H groups in total. The van der Waals surface area contributed by atoms with Gasteiger partial charge in [-0.1, -0.05) is 12.1 Å². The van der Waals surface area contributed by atoms with Gasteiger partial charge in [-0.05, 0) is 17.7 Å². The minimum Gasteiger partial charge on any atom is -0.441 e. The Morgan fingerprint density at radius 2 is 2.36 bits per heavy atom. The Morgan fingerprint density at radius 3 is 3.07 bits per heavy atom. The minimum atomic E-state index is -0.439. The molecule has 1 aliphatic heterocycles. The van der Waals surface area contributed by atoms with Crippen LogP contribution in [0.25, 0.3) is 0 Å². The van der Waals surface area contributed by atoms with E-state index in [-0.39, 0.29) is 11.9 Å². The van der Waals surface area contributed by atoms with Crippen LogP contribution in [0.2, 0.25) is 0 Å². The zero-order chi connectivity index (χ0) is 9.97. The number of halogens is 1. The molecule has 1 unspecified atom stereocenters. The molecule has 1 aromatic carbocycles. The molecule has 1 amide bonds. The fourth-order valence-corrected chi connectivity index (χ4v) is 1.48. The van der Waals surface area contributed by atoms with Gasteiger partial charge >= 0.3 is 6.09 Å². The first-order valence-electron chi connectivity index (χ1n) is 4.45. The smallest absolute Gasteiger partial charge is 0.407 e. The van der Waals surface area contributed by atoms with Crippen molar-refractivity contribution in [2.45, 2.75) is 12.5 Å². The number of rotatable bonds is 1. The first-order chi connectivity index (χ1) is 6.75. The van der Waals surface area contributed by atoms with E-state index in [0.717, 1.165) is 0 Å². The lowest BCUT2D eigenvalue weighted by Gasteiger charge is -2.23. The third kappa shape index (κ3) is 1.84. The molecule has 1 atom stereocenters. The third-order valence-electron chi connectivity index (χ3n) is 2.15. The van der Waals surface area contributed by atoms with E-state index in [9.17, 15) is 9.18 Å². The summed E-state index contributed by atoms with van der Waals surface area (Å²) in [5.41, 5.74) is 0.708.